The zero-order valence-electron chi connectivity index (χ0n) is 14.2. The van der Waals surface area contributed by atoms with E-state index in [0.29, 0.717) is 19.6 Å². The summed E-state index contributed by atoms with van der Waals surface area (Å²) in [4.78, 5) is 18.5. The van der Waals surface area contributed by atoms with Gasteiger partial charge in [-0.2, -0.15) is 5.10 Å². The van der Waals surface area contributed by atoms with Crippen molar-refractivity contribution < 1.29 is 4.79 Å². The minimum atomic E-state index is -0.0810. The van der Waals surface area contributed by atoms with Crippen LogP contribution in [0.1, 0.15) is 18.1 Å². The Hall–Kier alpha value is -3.15. The Balaban J connectivity index is 1.55. The molecule has 0 bridgehead atoms. The molecule has 2 amide bonds. The highest BCUT2D eigenvalue weighted by Crippen LogP contribution is 2.07. The van der Waals surface area contributed by atoms with Gasteiger partial charge in [-0.3, -0.25) is 0 Å². The standard InChI is InChI=1S/C19H21N5O/c1-2-23(15-16-7-4-3-5-8-16)19(25)21-14-17-9-10-18(20-13-17)24-12-6-11-22-24/h3-13H,2,14-15H2,1H3,(H,21,25). The van der Waals surface area contributed by atoms with Crippen molar-refractivity contribution in [2.75, 3.05) is 6.54 Å². The van der Waals surface area contributed by atoms with Gasteiger partial charge >= 0.3 is 6.03 Å². The number of hydrogen-bond acceptors (Lipinski definition) is 3. The van der Waals surface area contributed by atoms with Crippen molar-refractivity contribution in [2.24, 2.45) is 0 Å². The number of hydrogen-bond donors (Lipinski definition) is 1. The third kappa shape index (κ3) is 4.44. The molecule has 2 aromatic heterocycles. The maximum Gasteiger partial charge on any atom is 0.317 e. The Kier molecular flexibility index (Phi) is 5.41. The summed E-state index contributed by atoms with van der Waals surface area (Å²) in [6.45, 7) is 3.66. The quantitative estimate of drug-likeness (QED) is 0.753. The first-order valence-electron chi connectivity index (χ1n) is 8.28. The van der Waals surface area contributed by atoms with Gasteiger partial charge in [-0.15, -0.1) is 0 Å². The lowest BCUT2D eigenvalue weighted by Gasteiger charge is -2.21. The number of benzene rings is 1. The summed E-state index contributed by atoms with van der Waals surface area (Å²) < 4.78 is 1.70. The van der Waals surface area contributed by atoms with Gasteiger partial charge in [0, 0.05) is 38.2 Å². The number of urea groups is 1. The lowest BCUT2D eigenvalue weighted by molar-refractivity contribution is 0.197. The van der Waals surface area contributed by atoms with E-state index in [1.54, 1.807) is 22.0 Å². The van der Waals surface area contributed by atoms with Crippen LogP contribution < -0.4 is 5.32 Å². The molecule has 2 heterocycles. The van der Waals surface area contributed by atoms with Crippen LogP contribution in [0.2, 0.25) is 0 Å². The molecule has 0 aliphatic carbocycles. The molecule has 0 radical (unpaired) electrons. The lowest BCUT2D eigenvalue weighted by Crippen LogP contribution is -2.39. The summed E-state index contributed by atoms with van der Waals surface area (Å²) in [6, 6.07) is 15.6. The lowest BCUT2D eigenvalue weighted by atomic mass is 10.2. The van der Waals surface area contributed by atoms with Crippen molar-refractivity contribution in [1.82, 2.24) is 25.0 Å². The molecule has 0 spiro atoms. The van der Waals surface area contributed by atoms with Gasteiger partial charge < -0.3 is 10.2 Å². The maximum absolute atomic E-state index is 12.4. The Morgan fingerprint density at radius 1 is 1.12 bits per heavy atom. The number of aromatic nitrogens is 3. The van der Waals surface area contributed by atoms with Crippen molar-refractivity contribution in [2.45, 2.75) is 20.0 Å². The molecule has 6 heteroatoms. The number of nitrogens with one attached hydrogen (secondary N) is 1. The smallest absolute Gasteiger partial charge is 0.317 e. The van der Waals surface area contributed by atoms with Gasteiger partial charge in [0.2, 0.25) is 0 Å². The Labute approximate surface area is 147 Å². The molecular formula is C19H21N5O. The number of carbonyl (C=O) groups is 1. The molecule has 25 heavy (non-hydrogen) atoms. The predicted octanol–water partition coefficient (Wildman–Crippen LogP) is 3.00. The fourth-order valence-electron chi connectivity index (χ4n) is 2.48. The first-order valence-corrected chi connectivity index (χ1v) is 8.28. The average molecular weight is 335 g/mol. The minimum Gasteiger partial charge on any atom is -0.334 e. The average Bonchev–Trinajstić information content (AvgIpc) is 3.20. The van der Waals surface area contributed by atoms with Crippen LogP contribution in [0.15, 0.2) is 67.1 Å². The van der Waals surface area contributed by atoms with Gasteiger partial charge in [-0.25, -0.2) is 14.5 Å². The van der Waals surface area contributed by atoms with Crippen molar-refractivity contribution in [3.05, 3.63) is 78.2 Å². The third-order valence-electron chi connectivity index (χ3n) is 3.88. The van der Waals surface area contributed by atoms with Crippen LogP contribution in [0.4, 0.5) is 4.79 Å². The molecule has 0 aliphatic heterocycles. The molecule has 0 saturated carbocycles. The largest absolute Gasteiger partial charge is 0.334 e. The molecule has 0 fully saturated rings. The van der Waals surface area contributed by atoms with E-state index in [0.717, 1.165) is 16.9 Å². The second-order valence-corrected chi connectivity index (χ2v) is 5.63. The summed E-state index contributed by atoms with van der Waals surface area (Å²) in [5.41, 5.74) is 2.06. The monoisotopic (exact) mass is 335 g/mol. The van der Waals surface area contributed by atoms with Crippen LogP contribution >= 0.6 is 0 Å². The number of nitrogens with zero attached hydrogens (tertiary/aromatic N) is 4. The summed E-state index contributed by atoms with van der Waals surface area (Å²) in [7, 11) is 0. The van der Waals surface area contributed by atoms with Crippen LogP contribution in [0.25, 0.3) is 5.82 Å². The number of carbonyl (C=O) groups excluding carboxylic acids is 1. The third-order valence-corrected chi connectivity index (χ3v) is 3.88. The van der Waals surface area contributed by atoms with E-state index in [1.807, 2.05) is 61.7 Å². The molecule has 0 saturated heterocycles. The summed E-state index contributed by atoms with van der Waals surface area (Å²) in [6.07, 6.45) is 5.30. The zero-order valence-corrected chi connectivity index (χ0v) is 14.2. The van der Waals surface area contributed by atoms with Gasteiger partial charge in [-0.1, -0.05) is 36.4 Å². The van der Waals surface area contributed by atoms with Gasteiger partial charge in [0.15, 0.2) is 5.82 Å². The molecule has 0 atom stereocenters. The zero-order chi connectivity index (χ0) is 17.5. The SMILES string of the molecule is CCN(Cc1ccccc1)C(=O)NCc1ccc(-n2cccn2)nc1. The molecular weight excluding hydrogens is 314 g/mol. The second kappa shape index (κ2) is 8.10. The first-order chi connectivity index (χ1) is 12.3. The highest BCUT2D eigenvalue weighted by Gasteiger charge is 2.11. The van der Waals surface area contributed by atoms with Crippen LogP contribution in [-0.2, 0) is 13.1 Å². The number of amides is 2. The van der Waals surface area contributed by atoms with E-state index < -0.39 is 0 Å². The van der Waals surface area contributed by atoms with E-state index >= 15 is 0 Å². The number of pyridine rings is 1. The van der Waals surface area contributed by atoms with Gasteiger partial charge in [0.25, 0.3) is 0 Å². The molecule has 0 aliphatic rings. The summed E-state index contributed by atoms with van der Waals surface area (Å²) >= 11 is 0. The van der Waals surface area contributed by atoms with Gasteiger partial charge in [0.1, 0.15) is 0 Å². The van der Waals surface area contributed by atoms with Crippen LogP contribution in [0.3, 0.4) is 0 Å². The first kappa shape index (κ1) is 16.7. The molecule has 3 rings (SSSR count). The topological polar surface area (TPSA) is 63.1 Å². The molecule has 3 aromatic rings. The highest BCUT2D eigenvalue weighted by atomic mass is 16.2. The summed E-state index contributed by atoms with van der Waals surface area (Å²) in [5, 5.41) is 7.09. The van der Waals surface area contributed by atoms with Crippen molar-refractivity contribution >= 4 is 6.03 Å². The molecule has 0 unspecified atom stereocenters. The molecule has 1 N–H and O–H groups in total. The van der Waals surface area contributed by atoms with Crippen molar-refractivity contribution in [3.8, 4) is 5.82 Å². The van der Waals surface area contributed by atoms with Gasteiger partial charge in [0.05, 0.1) is 0 Å². The molecule has 6 nitrogen and oxygen atoms in total. The normalized spacial score (nSPS) is 10.4. The van der Waals surface area contributed by atoms with E-state index in [9.17, 15) is 4.79 Å². The fourth-order valence-corrected chi connectivity index (χ4v) is 2.48. The van der Waals surface area contributed by atoms with Crippen molar-refractivity contribution in [1.29, 1.82) is 0 Å². The Morgan fingerprint density at radius 3 is 2.60 bits per heavy atom. The van der Waals surface area contributed by atoms with Crippen LogP contribution in [-0.4, -0.2) is 32.2 Å². The Bertz CT molecular complexity index is 784. The van der Waals surface area contributed by atoms with Crippen LogP contribution in [0.5, 0.6) is 0 Å². The van der Waals surface area contributed by atoms with E-state index in [1.165, 1.54) is 0 Å². The molecule has 128 valence electrons. The predicted molar refractivity (Wildman–Crippen MR) is 96.1 cm³/mol. The minimum absolute atomic E-state index is 0.0810. The van der Waals surface area contributed by atoms with E-state index in [4.69, 9.17) is 0 Å². The summed E-state index contributed by atoms with van der Waals surface area (Å²) in [5.74, 6) is 0.749. The fraction of sp³-hybridized carbons (Fsp3) is 0.211. The Morgan fingerprint density at radius 2 is 1.96 bits per heavy atom. The maximum atomic E-state index is 12.4. The number of rotatable bonds is 6. The molecule has 1 aromatic carbocycles. The highest BCUT2D eigenvalue weighted by molar-refractivity contribution is 5.74. The second-order valence-electron chi connectivity index (χ2n) is 5.63. The van der Waals surface area contributed by atoms with E-state index in [-0.39, 0.29) is 6.03 Å². The van der Waals surface area contributed by atoms with Crippen LogP contribution in [0, 0.1) is 0 Å². The van der Waals surface area contributed by atoms with Gasteiger partial charge in [-0.05, 0) is 30.2 Å². The van der Waals surface area contributed by atoms with Crippen molar-refractivity contribution in [3.63, 3.8) is 0 Å². The van der Waals surface area contributed by atoms with E-state index in [2.05, 4.69) is 15.4 Å².